The molecule has 0 radical (unpaired) electrons. The standard InChI is InChI=1S/C29H35N5O6/c1-17(35)25(27(37)32-23(29(39)40)15-19-16-31-22-11-6-5-10-20(19)22)33-26(36)24-12-7-13-34(24)28(38)21(30)14-18-8-3-2-4-9-18/h2-6,8-11,16-17,21,23-25,31,35H,7,12-15,30H2,1H3,(H,32,37)(H,33,36)(H,39,40). The SMILES string of the molecule is CC(O)C(NC(=O)C1CCCN1C(=O)C(N)Cc1ccccc1)C(=O)NC(Cc1c[nH]c2ccccc12)C(=O)O. The van der Waals surface area contributed by atoms with Gasteiger partial charge in [-0.05, 0) is 43.4 Å². The van der Waals surface area contributed by atoms with Crippen molar-refractivity contribution in [2.24, 2.45) is 5.73 Å². The third kappa shape index (κ3) is 6.67. The Morgan fingerprint density at radius 3 is 2.45 bits per heavy atom. The van der Waals surface area contributed by atoms with E-state index in [-0.39, 0.29) is 12.3 Å². The van der Waals surface area contributed by atoms with Crippen molar-refractivity contribution in [3.05, 3.63) is 71.9 Å². The van der Waals surface area contributed by atoms with Gasteiger partial charge in [-0.15, -0.1) is 0 Å². The van der Waals surface area contributed by atoms with E-state index in [2.05, 4.69) is 15.6 Å². The summed E-state index contributed by atoms with van der Waals surface area (Å²) in [5, 5.41) is 25.9. The van der Waals surface area contributed by atoms with Crippen LogP contribution in [0.25, 0.3) is 10.9 Å². The number of rotatable bonds is 11. The Labute approximate surface area is 231 Å². The number of hydrogen-bond donors (Lipinski definition) is 6. The van der Waals surface area contributed by atoms with Crippen LogP contribution in [0.3, 0.4) is 0 Å². The number of nitrogens with zero attached hydrogens (tertiary/aromatic N) is 1. The minimum absolute atomic E-state index is 0.00420. The molecule has 11 heteroatoms. The summed E-state index contributed by atoms with van der Waals surface area (Å²) in [6.07, 6.45) is 1.64. The van der Waals surface area contributed by atoms with E-state index in [4.69, 9.17) is 5.73 Å². The van der Waals surface area contributed by atoms with Crippen LogP contribution in [0.4, 0.5) is 0 Å². The molecule has 1 fully saturated rings. The molecule has 0 spiro atoms. The maximum Gasteiger partial charge on any atom is 0.326 e. The summed E-state index contributed by atoms with van der Waals surface area (Å²) >= 11 is 0. The van der Waals surface area contributed by atoms with Gasteiger partial charge in [0, 0.05) is 30.1 Å². The number of carbonyl (C=O) groups is 4. The lowest BCUT2D eigenvalue weighted by Gasteiger charge is -2.29. The first-order valence-electron chi connectivity index (χ1n) is 13.3. The van der Waals surface area contributed by atoms with Gasteiger partial charge in [0.05, 0.1) is 12.1 Å². The molecule has 7 N–H and O–H groups in total. The number of fused-ring (bicyclic) bond motifs is 1. The molecule has 5 atom stereocenters. The first-order chi connectivity index (χ1) is 19.2. The van der Waals surface area contributed by atoms with E-state index in [9.17, 15) is 29.4 Å². The molecule has 40 heavy (non-hydrogen) atoms. The number of aliphatic hydroxyl groups excluding tert-OH is 1. The van der Waals surface area contributed by atoms with Crippen LogP contribution in [0.15, 0.2) is 60.8 Å². The molecule has 1 saturated heterocycles. The van der Waals surface area contributed by atoms with Gasteiger partial charge in [-0.2, -0.15) is 0 Å². The summed E-state index contributed by atoms with van der Waals surface area (Å²) in [4.78, 5) is 55.9. The molecule has 2 aromatic carbocycles. The van der Waals surface area contributed by atoms with Gasteiger partial charge in [-0.1, -0.05) is 48.5 Å². The zero-order chi connectivity index (χ0) is 28.8. The molecule has 0 bridgehead atoms. The van der Waals surface area contributed by atoms with Crippen LogP contribution in [0.1, 0.15) is 30.9 Å². The third-order valence-electron chi connectivity index (χ3n) is 7.23. The third-order valence-corrected chi connectivity index (χ3v) is 7.23. The highest BCUT2D eigenvalue weighted by atomic mass is 16.4. The van der Waals surface area contributed by atoms with E-state index in [1.807, 2.05) is 54.6 Å². The fourth-order valence-electron chi connectivity index (χ4n) is 5.11. The monoisotopic (exact) mass is 549 g/mol. The van der Waals surface area contributed by atoms with Gasteiger partial charge >= 0.3 is 5.97 Å². The number of benzene rings is 2. The van der Waals surface area contributed by atoms with E-state index in [0.29, 0.717) is 31.4 Å². The number of para-hydroxylation sites is 1. The van der Waals surface area contributed by atoms with Gasteiger partial charge in [0.15, 0.2) is 0 Å². The molecular weight excluding hydrogens is 514 g/mol. The van der Waals surface area contributed by atoms with E-state index >= 15 is 0 Å². The van der Waals surface area contributed by atoms with Crippen LogP contribution in [-0.4, -0.2) is 80.6 Å². The molecule has 5 unspecified atom stereocenters. The van der Waals surface area contributed by atoms with Crippen molar-refractivity contribution in [3.63, 3.8) is 0 Å². The van der Waals surface area contributed by atoms with Gasteiger partial charge in [0.2, 0.25) is 17.7 Å². The zero-order valence-corrected chi connectivity index (χ0v) is 22.2. The second-order valence-electron chi connectivity index (χ2n) is 10.2. The first kappa shape index (κ1) is 28.8. The van der Waals surface area contributed by atoms with Crippen LogP contribution in [-0.2, 0) is 32.0 Å². The number of likely N-dealkylation sites (tertiary alicyclic amines) is 1. The quantitative estimate of drug-likeness (QED) is 0.204. The number of nitrogens with two attached hydrogens (primary N) is 1. The number of carboxylic acids is 1. The Morgan fingerprint density at radius 2 is 1.75 bits per heavy atom. The maximum absolute atomic E-state index is 13.2. The number of aromatic amines is 1. The van der Waals surface area contributed by atoms with Gasteiger partial charge in [0.1, 0.15) is 18.1 Å². The minimum atomic E-state index is -1.42. The molecule has 4 rings (SSSR count). The lowest BCUT2D eigenvalue weighted by Crippen LogP contribution is -2.59. The van der Waals surface area contributed by atoms with E-state index < -0.39 is 48.1 Å². The number of carbonyl (C=O) groups excluding carboxylic acids is 3. The maximum atomic E-state index is 13.2. The number of aromatic nitrogens is 1. The fourth-order valence-corrected chi connectivity index (χ4v) is 5.11. The van der Waals surface area contributed by atoms with Crippen molar-refractivity contribution in [2.45, 2.75) is 62.9 Å². The second kappa shape index (κ2) is 12.8. The van der Waals surface area contributed by atoms with Gasteiger partial charge in [0.25, 0.3) is 0 Å². The summed E-state index contributed by atoms with van der Waals surface area (Å²) < 4.78 is 0. The highest BCUT2D eigenvalue weighted by Gasteiger charge is 2.39. The Hall–Kier alpha value is -4.22. The molecule has 1 aliphatic heterocycles. The molecule has 1 aliphatic rings. The van der Waals surface area contributed by atoms with Crippen molar-refractivity contribution in [1.29, 1.82) is 0 Å². The Bertz CT molecular complexity index is 1360. The van der Waals surface area contributed by atoms with Crippen LogP contribution >= 0.6 is 0 Å². The molecule has 3 amide bonds. The average Bonchev–Trinajstić information content (AvgIpc) is 3.59. The van der Waals surface area contributed by atoms with Crippen molar-refractivity contribution >= 4 is 34.6 Å². The minimum Gasteiger partial charge on any atom is -0.480 e. The first-order valence-corrected chi connectivity index (χ1v) is 13.3. The summed E-state index contributed by atoms with van der Waals surface area (Å²) in [5.41, 5.74) is 8.61. The van der Waals surface area contributed by atoms with Crippen molar-refractivity contribution in [3.8, 4) is 0 Å². The molecular formula is C29H35N5O6. The summed E-state index contributed by atoms with van der Waals surface area (Å²) in [6, 6.07) is 12.3. The highest BCUT2D eigenvalue weighted by molar-refractivity contribution is 5.95. The molecule has 1 aromatic heterocycles. The summed E-state index contributed by atoms with van der Waals surface area (Å²) in [6.45, 7) is 1.67. The lowest BCUT2D eigenvalue weighted by molar-refractivity contribution is -0.144. The zero-order valence-electron chi connectivity index (χ0n) is 22.2. The number of H-pyrrole nitrogens is 1. The van der Waals surface area contributed by atoms with Crippen molar-refractivity contribution in [1.82, 2.24) is 20.5 Å². The predicted octanol–water partition coefficient (Wildman–Crippen LogP) is 0.706. The molecule has 212 valence electrons. The van der Waals surface area contributed by atoms with Gasteiger partial charge in [-0.25, -0.2) is 4.79 Å². The Kier molecular flexibility index (Phi) is 9.18. The van der Waals surface area contributed by atoms with Crippen LogP contribution in [0.2, 0.25) is 0 Å². The molecule has 2 heterocycles. The van der Waals surface area contributed by atoms with Crippen LogP contribution in [0, 0.1) is 0 Å². The normalized spacial score (nSPS) is 18.1. The summed E-state index contributed by atoms with van der Waals surface area (Å²) in [7, 11) is 0. The lowest BCUT2D eigenvalue weighted by atomic mass is 10.0. The highest BCUT2D eigenvalue weighted by Crippen LogP contribution is 2.21. The second-order valence-corrected chi connectivity index (χ2v) is 10.2. The smallest absolute Gasteiger partial charge is 0.326 e. The van der Waals surface area contributed by atoms with E-state index in [1.165, 1.54) is 11.8 Å². The predicted molar refractivity (Wildman–Crippen MR) is 148 cm³/mol. The number of hydrogen-bond acceptors (Lipinski definition) is 6. The van der Waals surface area contributed by atoms with Gasteiger partial charge in [-0.3, -0.25) is 14.4 Å². The molecule has 3 aromatic rings. The number of aliphatic hydroxyl groups is 1. The fraction of sp³-hybridized carbons (Fsp3) is 0.379. The number of nitrogens with one attached hydrogen (secondary N) is 3. The number of amides is 3. The topological polar surface area (TPSA) is 178 Å². The Morgan fingerprint density at radius 1 is 1.05 bits per heavy atom. The number of aliphatic carboxylic acids is 1. The summed E-state index contributed by atoms with van der Waals surface area (Å²) in [5.74, 6) is -3.08. The van der Waals surface area contributed by atoms with E-state index in [0.717, 1.165) is 16.5 Å². The molecule has 0 aliphatic carbocycles. The van der Waals surface area contributed by atoms with Crippen LogP contribution in [0.5, 0.6) is 0 Å². The molecule has 11 nitrogen and oxygen atoms in total. The molecule has 0 saturated carbocycles. The van der Waals surface area contributed by atoms with Crippen molar-refractivity contribution in [2.75, 3.05) is 6.54 Å². The average molecular weight is 550 g/mol. The van der Waals surface area contributed by atoms with Crippen LogP contribution < -0.4 is 16.4 Å². The Balaban J connectivity index is 1.41. The van der Waals surface area contributed by atoms with Gasteiger partial charge < -0.3 is 36.5 Å². The number of carboxylic acid groups (broad SMARTS) is 1. The largest absolute Gasteiger partial charge is 0.480 e. The van der Waals surface area contributed by atoms with E-state index in [1.54, 1.807) is 6.20 Å². The van der Waals surface area contributed by atoms with Crippen molar-refractivity contribution < 1.29 is 29.4 Å².